The third kappa shape index (κ3) is 3.82. The molecule has 1 aliphatic heterocycles. The Morgan fingerprint density at radius 2 is 2.14 bits per heavy atom. The van der Waals surface area contributed by atoms with Crippen molar-refractivity contribution in [1.29, 1.82) is 0 Å². The van der Waals surface area contributed by atoms with Crippen LogP contribution in [-0.4, -0.2) is 52.8 Å². The maximum absolute atomic E-state index is 13.0. The molecule has 1 aromatic carbocycles. The second kappa shape index (κ2) is 7.93. The summed E-state index contributed by atoms with van der Waals surface area (Å²) in [5.41, 5.74) is 2.63. The summed E-state index contributed by atoms with van der Waals surface area (Å²) in [5, 5.41) is 11.4. The first-order chi connectivity index (χ1) is 13.6. The second-order valence-corrected chi connectivity index (χ2v) is 6.94. The van der Waals surface area contributed by atoms with Gasteiger partial charge in [0.1, 0.15) is 12.4 Å². The topological polar surface area (TPSA) is 83.1 Å². The molecule has 0 aliphatic carbocycles. The number of ether oxygens (including phenoxy) is 1. The second-order valence-electron chi connectivity index (χ2n) is 6.94. The first-order valence-corrected chi connectivity index (χ1v) is 9.24. The number of pyridine rings is 1. The van der Waals surface area contributed by atoms with E-state index in [1.807, 2.05) is 17.0 Å². The fraction of sp³-hybridized carbons (Fsp3) is 0.350. The highest BCUT2D eigenvalue weighted by Gasteiger charge is 2.28. The first-order valence-electron chi connectivity index (χ1n) is 9.24. The quantitative estimate of drug-likeness (QED) is 0.684. The zero-order chi connectivity index (χ0) is 19.5. The third-order valence-corrected chi connectivity index (χ3v) is 5.05. The molecule has 2 N–H and O–H groups in total. The molecule has 0 saturated carbocycles. The van der Waals surface area contributed by atoms with E-state index in [0.717, 1.165) is 29.6 Å². The van der Waals surface area contributed by atoms with Crippen LogP contribution in [0.1, 0.15) is 23.6 Å². The van der Waals surface area contributed by atoms with Crippen LogP contribution in [0, 0.1) is 5.82 Å². The molecule has 1 atom stereocenters. The Bertz CT molecular complexity index is 972. The Morgan fingerprint density at radius 1 is 1.32 bits per heavy atom. The van der Waals surface area contributed by atoms with E-state index in [1.54, 1.807) is 12.1 Å². The summed E-state index contributed by atoms with van der Waals surface area (Å²) >= 11 is 0. The fourth-order valence-corrected chi connectivity index (χ4v) is 3.51. The number of rotatable bonds is 6. The van der Waals surface area contributed by atoms with Crippen LogP contribution in [0.3, 0.4) is 0 Å². The summed E-state index contributed by atoms with van der Waals surface area (Å²) in [4.78, 5) is 18.5. The molecular formula is C20H22FN5O2. The van der Waals surface area contributed by atoms with Crippen LogP contribution >= 0.6 is 0 Å². The number of halogens is 1. The summed E-state index contributed by atoms with van der Waals surface area (Å²) in [6.45, 7) is 2.04. The Labute approximate surface area is 161 Å². The van der Waals surface area contributed by atoms with Gasteiger partial charge in [-0.2, -0.15) is 5.10 Å². The van der Waals surface area contributed by atoms with Crippen molar-refractivity contribution < 1.29 is 13.9 Å². The van der Waals surface area contributed by atoms with Gasteiger partial charge in [0, 0.05) is 38.4 Å². The number of nitrogens with zero attached hydrogens (tertiary/aromatic N) is 3. The van der Waals surface area contributed by atoms with E-state index >= 15 is 0 Å². The van der Waals surface area contributed by atoms with Gasteiger partial charge in [0.05, 0.1) is 5.39 Å². The lowest BCUT2D eigenvalue weighted by atomic mass is 10.0. The van der Waals surface area contributed by atoms with Gasteiger partial charge in [0.25, 0.3) is 0 Å². The highest BCUT2D eigenvalue weighted by atomic mass is 19.1. The Morgan fingerprint density at radius 3 is 2.93 bits per heavy atom. The van der Waals surface area contributed by atoms with Crippen molar-refractivity contribution >= 4 is 22.8 Å². The average Bonchev–Trinajstić information content (AvgIpc) is 3.35. The van der Waals surface area contributed by atoms with Crippen molar-refractivity contribution in [2.45, 2.75) is 18.9 Å². The maximum Gasteiger partial charge on any atom is 0.248 e. The van der Waals surface area contributed by atoms with Crippen molar-refractivity contribution in [2.24, 2.45) is 0 Å². The van der Waals surface area contributed by atoms with E-state index in [4.69, 9.17) is 9.72 Å². The number of likely N-dealkylation sites (tertiary alicyclic amines) is 1. The number of fused-ring (bicyclic) bond motifs is 1. The van der Waals surface area contributed by atoms with Gasteiger partial charge >= 0.3 is 0 Å². The van der Waals surface area contributed by atoms with E-state index in [0.29, 0.717) is 24.6 Å². The number of H-pyrrole nitrogens is 1. The third-order valence-electron chi connectivity index (χ3n) is 5.05. The average molecular weight is 383 g/mol. The summed E-state index contributed by atoms with van der Waals surface area (Å²) < 4.78 is 17.9. The number of aromatic amines is 1. The van der Waals surface area contributed by atoms with Crippen molar-refractivity contribution in [3.63, 3.8) is 0 Å². The van der Waals surface area contributed by atoms with Gasteiger partial charge < -0.3 is 15.0 Å². The van der Waals surface area contributed by atoms with Crippen LogP contribution in [-0.2, 0) is 16.1 Å². The SMILES string of the molecule is COCC(=O)N1CC[C@H](c2ccc3c(NCc4ccc(F)cc4)n[nH]c3n2)C1. The number of carbonyl (C=O) groups is 1. The summed E-state index contributed by atoms with van der Waals surface area (Å²) in [6, 6.07) is 10.4. The molecule has 146 valence electrons. The summed E-state index contributed by atoms with van der Waals surface area (Å²) in [7, 11) is 1.53. The lowest BCUT2D eigenvalue weighted by Crippen LogP contribution is -2.31. The van der Waals surface area contributed by atoms with E-state index in [1.165, 1.54) is 19.2 Å². The van der Waals surface area contributed by atoms with Gasteiger partial charge in [-0.15, -0.1) is 0 Å². The van der Waals surface area contributed by atoms with Crippen LogP contribution in [0.15, 0.2) is 36.4 Å². The van der Waals surface area contributed by atoms with E-state index < -0.39 is 0 Å². The normalized spacial score (nSPS) is 16.6. The molecule has 1 aliphatic rings. The molecule has 3 aromatic rings. The molecule has 3 heterocycles. The van der Waals surface area contributed by atoms with Gasteiger partial charge in [-0.05, 0) is 36.2 Å². The molecule has 7 nitrogen and oxygen atoms in total. The monoisotopic (exact) mass is 383 g/mol. The van der Waals surface area contributed by atoms with Crippen LogP contribution < -0.4 is 5.32 Å². The molecule has 0 radical (unpaired) electrons. The lowest BCUT2D eigenvalue weighted by Gasteiger charge is -2.15. The van der Waals surface area contributed by atoms with Crippen molar-refractivity contribution in [1.82, 2.24) is 20.1 Å². The molecular weight excluding hydrogens is 361 g/mol. The number of nitrogens with one attached hydrogen (secondary N) is 2. The minimum atomic E-state index is -0.250. The predicted octanol–water partition coefficient (Wildman–Crippen LogP) is 2.67. The summed E-state index contributed by atoms with van der Waals surface area (Å²) in [6.07, 6.45) is 0.887. The number of aromatic nitrogens is 3. The Hall–Kier alpha value is -3.00. The van der Waals surface area contributed by atoms with Crippen LogP contribution in [0.5, 0.6) is 0 Å². The molecule has 28 heavy (non-hydrogen) atoms. The van der Waals surface area contributed by atoms with Crippen LogP contribution in [0.4, 0.5) is 10.2 Å². The summed E-state index contributed by atoms with van der Waals surface area (Å²) in [5.74, 6) is 0.686. The van der Waals surface area contributed by atoms with E-state index in [9.17, 15) is 9.18 Å². The number of amides is 1. The number of methoxy groups -OCH3 is 1. The zero-order valence-electron chi connectivity index (χ0n) is 15.6. The van der Waals surface area contributed by atoms with Crippen molar-refractivity contribution in [3.8, 4) is 0 Å². The highest BCUT2D eigenvalue weighted by Crippen LogP contribution is 2.28. The minimum Gasteiger partial charge on any atom is -0.375 e. The van der Waals surface area contributed by atoms with Gasteiger partial charge in [0.15, 0.2) is 11.5 Å². The first kappa shape index (κ1) is 18.4. The number of anilines is 1. The number of carbonyl (C=O) groups excluding carboxylic acids is 1. The lowest BCUT2D eigenvalue weighted by molar-refractivity contribution is -0.134. The maximum atomic E-state index is 13.0. The Kier molecular flexibility index (Phi) is 5.21. The standard InChI is InChI=1S/C20H22FN5O2/c1-28-12-18(27)26-9-8-14(11-26)17-7-6-16-19(24-25-20(16)23-17)22-10-13-2-4-15(21)5-3-13/h2-7,14H,8-12H2,1H3,(H2,22,23,24,25)/t14-/m0/s1. The molecule has 2 aromatic heterocycles. The van der Waals surface area contributed by atoms with Crippen molar-refractivity contribution in [3.05, 3.63) is 53.5 Å². The van der Waals surface area contributed by atoms with Gasteiger partial charge in [0.2, 0.25) is 5.91 Å². The molecule has 0 bridgehead atoms. The van der Waals surface area contributed by atoms with Crippen LogP contribution in [0.25, 0.3) is 11.0 Å². The fourth-order valence-electron chi connectivity index (χ4n) is 3.51. The number of hydrogen-bond donors (Lipinski definition) is 2. The molecule has 1 amide bonds. The van der Waals surface area contributed by atoms with Gasteiger partial charge in [-0.1, -0.05) is 12.1 Å². The van der Waals surface area contributed by atoms with Gasteiger partial charge in [-0.25, -0.2) is 9.37 Å². The van der Waals surface area contributed by atoms with Gasteiger partial charge in [-0.3, -0.25) is 9.89 Å². The Balaban J connectivity index is 1.44. The predicted molar refractivity (Wildman–Crippen MR) is 103 cm³/mol. The largest absolute Gasteiger partial charge is 0.375 e. The molecule has 4 rings (SSSR count). The van der Waals surface area contributed by atoms with Crippen LogP contribution in [0.2, 0.25) is 0 Å². The molecule has 1 fully saturated rings. The molecule has 8 heteroatoms. The molecule has 0 spiro atoms. The number of hydrogen-bond acceptors (Lipinski definition) is 5. The smallest absolute Gasteiger partial charge is 0.248 e. The highest BCUT2D eigenvalue weighted by molar-refractivity contribution is 5.87. The van der Waals surface area contributed by atoms with Crippen molar-refractivity contribution in [2.75, 3.05) is 32.1 Å². The number of benzene rings is 1. The van der Waals surface area contributed by atoms with E-state index in [2.05, 4.69) is 15.5 Å². The minimum absolute atomic E-state index is 0.0138. The van der Waals surface area contributed by atoms with E-state index in [-0.39, 0.29) is 24.2 Å². The molecule has 0 unspecified atom stereocenters. The zero-order valence-corrected chi connectivity index (χ0v) is 15.6. The molecule has 1 saturated heterocycles.